The molecule has 2 aromatic carbocycles. The molecule has 0 aliphatic carbocycles. The smallest absolute Gasteiger partial charge is 0.228 e. The fourth-order valence-corrected chi connectivity index (χ4v) is 3.14. The zero-order valence-electron chi connectivity index (χ0n) is 13.0. The molecule has 1 aromatic heterocycles. The van der Waals surface area contributed by atoms with Crippen LogP contribution < -0.4 is 0 Å². The largest absolute Gasteiger partial charge is 0.280 e. The van der Waals surface area contributed by atoms with Crippen LogP contribution in [0.15, 0.2) is 30.3 Å². The van der Waals surface area contributed by atoms with Crippen molar-refractivity contribution in [2.45, 2.75) is 33.1 Å². The summed E-state index contributed by atoms with van der Waals surface area (Å²) in [7, 11) is 0. The van der Waals surface area contributed by atoms with Crippen LogP contribution in [0.4, 0.5) is 0 Å². The first-order valence-corrected chi connectivity index (χ1v) is 7.90. The van der Waals surface area contributed by atoms with Gasteiger partial charge in [-0.3, -0.25) is 9.36 Å². The van der Waals surface area contributed by atoms with Crippen LogP contribution >= 0.6 is 23.2 Å². The Hall–Kier alpha value is -1.51. The molecule has 22 heavy (non-hydrogen) atoms. The minimum atomic E-state index is -0.0375. The monoisotopic (exact) mass is 333 g/mol. The Morgan fingerprint density at radius 3 is 2.14 bits per heavy atom. The van der Waals surface area contributed by atoms with Crippen LogP contribution in [0.1, 0.15) is 38.1 Å². The molecule has 114 valence electrons. The first-order chi connectivity index (χ1) is 10.2. The van der Waals surface area contributed by atoms with Crippen LogP contribution in [-0.4, -0.2) is 10.5 Å². The van der Waals surface area contributed by atoms with Crippen molar-refractivity contribution in [3.05, 3.63) is 45.9 Å². The number of fused-ring (bicyclic) bond motifs is 3. The lowest BCUT2D eigenvalue weighted by Gasteiger charge is -2.19. The molecule has 0 fully saturated rings. The van der Waals surface area contributed by atoms with E-state index in [4.69, 9.17) is 23.2 Å². The SMILES string of the molecule is CC(=O)n1c2cc(C(C)(C)C)ccc2c2cc(Cl)c(Cl)cc21. The molecule has 0 N–H and O–H groups in total. The van der Waals surface area contributed by atoms with Crippen LogP contribution in [0.25, 0.3) is 21.8 Å². The summed E-state index contributed by atoms with van der Waals surface area (Å²) < 4.78 is 1.71. The fourth-order valence-electron chi connectivity index (χ4n) is 2.82. The van der Waals surface area contributed by atoms with Crippen molar-refractivity contribution in [2.75, 3.05) is 0 Å². The third-order valence-corrected chi connectivity index (χ3v) is 4.71. The summed E-state index contributed by atoms with van der Waals surface area (Å²) in [5.41, 5.74) is 2.89. The molecule has 0 saturated heterocycles. The topological polar surface area (TPSA) is 22.0 Å². The van der Waals surface area contributed by atoms with E-state index in [1.54, 1.807) is 17.6 Å². The molecule has 1 heterocycles. The van der Waals surface area contributed by atoms with Gasteiger partial charge in [0.15, 0.2) is 0 Å². The number of hydrogen-bond donors (Lipinski definition) is 0. The summed E-state index contributed by atoms with van der Waals surface area (Å²) in [6.07, 6.45) is 0. The number of nitrogens with zero attached hydrogens (tertiary/aromatic N) is 1. The van der Waals surface area contributed by atoms with Crippen molar-refractivity contribution in [1.82, 2.24) is 4.57 Å². The second-order valence-electron chi connectivity index (χ2n) is 6.62. The van der Waals surface area contributed by atoms with Gasteiger partial charge in [0.2, 0.25) is 5.91 Å². The predicted octanol–water partition coefficient (Wildman–Crippen LogP) is 6.06. The Balaban J connectivity index is 2.51. The maximum Gasteiger partial charge on any atom is 0.228 e. The van der Waals surface area contributed by atoms with Crippen LogP contribution in [0.2, 0.25) is 10.0 Å². The summed E-state index contributed by atoms with van der Waals surface area (Å²) in [6.45, 7) is 8.03. The van der Waals surface area contributed by atoms with Gasteiger partial charge in [-0.25, -0.2) is 0 Å². The Bertz CT molecular complexity index is 916. The Morgan fingerprint density at radius 1 is 0.955 bits per heavy atom. The van der Waals surface area contributed by atoms with E-state index in [2.05, 4.69) is 39.0 Å². The van der Waals surface area contributed by atoms with Gasteiger partial charge in [0.05, 0.1) is 21.1 Å². The van der Waals surface area contributed by atoms with E-state index >= 15 is 0 Å². The number of aromatic nitrogens is 1. The molecule has 0 saturated carbocycles. The minimum Gasteiger partial charge on any atom is -0.280 e. The predicted molar refractivity (Wildman–Crippen MR) is 94.5 cm³/mol. The highest BCUT2D eigenvalue weighted by atomic mass is 35.5. The number of halogens is 2. The second kappa shape index (κ2) is 5.00. The van der Waals surface area contributed by atoms with Gasteiger partial charge in [0, 0.05) is 17.7 Å². The highest BCUT2D eigenvalue weighted by Crippen LogP contribution is 2.36. The van der Waals surface area contributed by atoms with Gasteiger partial charge in [0.25, 0.3) is 0 Å². The quantitative estimate of drug-likeness (QED) is 0.490. The summed E-state index contributed by atoms with van der Waals surface area (Å²) in [5.74, 6) is -0.0375. The van der Waals surface area contributed by atoms with Crippen molar-refractivity contribution in [1.29, 1.82) is 0 Å². The van der Waals surface area contributed by atoms with E-state index in [1.165, 1.54) is 5.56 Å². The molecule has 0 unspecified atom stereocenters. The molecule has 0 radical (unpaired) electrons. The average Bonchev–Trinajstić information content (AvgIpc) is 2.71. The standard InChI is InChI=1S/C18H17Cl2NO/c1-10(22)21-16-7-11(18(2,3)4)5-6-12(16)13-8-14(19)15(20)9-17(13)21/h5-9H,1-4H3. The third-order valence-electron chi connectivity index (χ3n) is 3.99. The van der Waals surface area contributed by atoms with Crippen LogP contribution in [0, 0.1) is 0 Å². The molecule has 0 atom stereocenters. The van der Waals surface area contributed by atoms with Crippen LogP contribution in [0.5, 0.6) is 0 Å². The number of carbonyl (C=O) groups is 1. The van der Waals surface area contributed by atoms with E-state index < -0.39 is 0 Å². The van der Waals surface area contributed by atoms with Crippen molar-refractivity contribution in [3.63, 3.8) is 0 Å². The van der Waals surface area contributed by atoms with Crippen molar-refractivity contribution in [2.24, 2.45) is 0 Å². The molecule has 4 heteroatoms. The molecule has 0 spiro atoms. The van der Waals surface area contributed by atoms with Crippen LogP contribution in [-0.2, 0) is 5.41 Å². The van der Waals surface area contributed by atoms with Crippen molar-refractivity contribution < 1.29 is 4.79 Å². The number of carbonyl (C=O) groups excluding carboxylic acids is 1. The Kier molecular flexibility index (Phi) is 3.50. The minimum absolute atomic E-state index is 0.0154. The highest BCUT2D eigenvalue weighted by molar-refractivity contribution is 6.43. The number of hydrogen-bond acceptors (Lipinski definition) is 1. The Morgan fingerprint density at radius 2 is 1.55 bits per heavy atom. The van der Waals surface area contributed by atoms with Gasteiger partial charge in [-0.15, -0.1) is 0 Å². The molecule has 3 rings (SSSR count). The van der Waals surface area contributed by atoms with Gasteiger partial charge in [-0.05, 0) is 29.2 Å². The molecule has 0 amide bonds. The molecule has 2 nitrogen and oxygen atoms in total. The first-order valence-electron chi connectivity index (χ1n) is 7.15. The molecule has 0 aliphatic heterocycles. The van der Waals surface area contributed by atoms with E-state index in [0.29, 0.717) is 10.0 Å². The zero-order chi connectivity index (χ0) is 16.2. The Labute approximate surface area is 139 Å². The normalized spacial score (nSPS) is 12.3. The maximum atomic E-state index is 12.2. The van der Waals surface area contributed by atoms with E-state index in [0.717, 1.165) is 21.8 Å². The fraction of sp³-hybridized carbons (Fsp3) is 0.278. The van der Waals surface area contributed by atoms with E-state index in [9.17, 15) is 4.79 Å². The molecule has 0 aliphatic rings. The van der Waals surface area contributed by atoms with E-state index in [-0.39, 0.29) is 11.3 Å². The van der Waals surface area contributed by atoms with Gasteiger partial charge in [0.1, 0.15) is 0 Å². The van der Waals surface area contributed by atoms with Gasteiger partial charge < -0.3 is 0 Å². The van der Waals surface area contributed by atoms with Crippen molar-refractivity contribution >= 4 is 50.9 Å². The van der Waals surface area contributed by atoms with Gasteiger partial charge >= 0.3 is 0 Å². The maximum absolute atomic E-state index is 12.2. The average molecular weight is 334 g/mol. The lowest BCUT2D eigenvalue weighted by molar-refractivity contribution is 0.0946. The van der Waals surface area contributed by atoms with Crippen LogP contribution in [0.3, 0.4) is 0 Å². The molecule has 3 aromatic rings. The number of rotatable bonds is 0. The third kappa shape index (κ3) is 2.31. The van der Waals surface area contributed by atoms with Gasteiger partial charge in [-0.1, -0.05) is 56.1 Å². The highest BCUT2D eigenvalue weighted by Gasteiger charge is 2.19. The zero-order valence-corrected chi connectivity index (χ0v) is 14.5. The number of benzene rings is 2. The summed E-state index contributed by atoms with van der Waals surface area (Å²) in [5, 5.41) is 2.91. The van der Waals surface area contributed by atoms with E-state index in [1.807, 2.05) is 6.07 Å². The summed E-state index contributed by atoms with van der Waals surface area (Å²) in [4.78, 5) is 12.2. The lowest BCUT2D eigenvalue weighted by atomic mass is 9.86. The summed E-state index contributed by atoms with van der Waals surface area (Å²) >= 11 is 12.3. The summed E-state index contributed by atoms with van der Waals surface area (Å²) in [6, 6.07) is 9.84. The lowest BCUT2D eigenvalue weighted by Crippen LogP contribution is -2.11. The van der Waals surface area contributed by atoms with Crippen molar-refractivity contribution in [3.8, 4) is 0 Å². The second-order valence-corrected chi connectivity index (χ2v) is 7.43. The first kappa shape index (κ1) is 15.4. The molecular formula is C18H17Cl2NO. The molecular weight excluding hydrogens is 317 g/mol. The molecule has 0 bridgehead atoms. The van der Waals surface area contributed by atoms with Gasteiger partial charge in [-0.2, -0.15) is 0 Å².